The summed E-state index contributed by atoms with van der Waals surface area (Å²) in [5, 5.41) is 12.0. The van der Waals surface area contributed by atoms with Crippen LogP contribution in [0.15, 0.2) is 42.5 Å². The first-order chi connectivity index (χ1) is 13.7. The van der Waals surface area contributed by atoms with Gasteiger partial charge in [-0.3, -0.25) is 9.59 Å². The van der Waals surface area contributed by atoms with Gasteiger partial charge >= 0.3 is 5.97 Å². The van der Waals surface area contributed by atoms with Gasteiger partial charge < -0.3 is 15.3 Å². The van der Waals surface area contributed by atoms with Crippen molar-refractivity contribution in [3.8, 4) is 0 Å². The zero-order chi connectivity index (χ0) is 21.6. The Labute approximate surface area is 175 Å². The van der Waals surface area contributed by atoms with E-state index in [2.05, 4.69) is 5.32 Å². The van der Waals surface area contributed by atoms with Gasteiger partial charge in [0.25, 0.3) is 0 Å². The Morgan fingerprint density at radius 2 is 1.76 bits per heavy atom. The number of carbonyl (C=O) groups is 3. The van der Waals surface area contributed by atoms with Gasteiger partial charge in [-0.15, -0.1) is 0 Å². The molecular formula is C22H26N2O4S. The first-order valence-electron chi connectivity index (χ1n) is 9.21. The van der Waals surface area contributed by atoms with Gasteiger partial charge in [-0.25, -0.2) is 4.79 Å². The summed E-state index contributed by atoms with van der Waals surface area (Å²) in [6.45, 7) is 3.25. The number of anilines is 2. The molecule has 0 saturated carbocycles. The van der Waals surface area contributed by atoms with E-state index in [-0.39, 0.29) is 16.6 Å². The highest BCUT2D eigenvalue weighted by Crippen LogP contribution is 2.21. The summed E-state index contributed by atoms with van der Waals surface area (Å²) in [6, 6.07) is 12.6. The average molecular weight is 415 g/mol. The lowest BCUT2D eigenvalue weighted by atomic mass is 9.99. The number of amides is 1. The van der Waals surface area contributed by atoms with Crippen LogP contribution in [0.1, 0.15) is 28.4 Å². The number of benzene rings is 2. The molecule has 0 bridgehead atoms. The monoisotopic (exact) mass is 414 g/mol. The number of rotatable bonds is 8. The van der Waals surface area contributed by atoms with Crippen LogP contribution in [0.4, 0.5) is 11.4 Å². The molecule has 0 aliphatic heterocycles. The number of carboxylic acids is 1. The molecule has 1 atom stereocenters. The molecule has 0 saturated heterocycles. The minimum Gasteiger partial charge on any atom is -0.478 e. The Kier molecular flexibility index (Phi) is 7.84. The van der Waals surface area contributed by atoms with Crippen LogP contribution in [-0.2, 0) is 16.0 Å². The molecule has 154 valence electrons. The maximum Gasteiger partial charge on any atom is 0.335 e. The largest absolute Gasteiger partial charge is 0.478 e. The Morgan fingerprint density at radius 3 is 2.31 bits per heavy atom. The number of nitrogens with one attached hydrogen (secondary N) is 1. The van der Waals surface area contributed by atoms with Crippen LogP contribution in [0.2, 0.25) is 0 Å². The van der Waals surface area contributed by atoms with Crippen LogP contribution in [0.3, 0.4) is 0 Å². The lowest BCUT2D eigenvalue weighted by Crippen LogP contribution is -2.27. The zero-order valence-corrected chi connectivity index (χ0v) is 17.9. The molecule has 7 heteroatoms. The molecule has 0 radical (unpaired) electrons. The predicted molar refractivity (Wildman–Crippen MR) is 118 cm³/mol. The number of carbonyl (C=O) groups excluding carboxylic acids is 2. The fraction of sp³-hybridized carbons (Fsp3) is 0.318. The van der Waals surface area contributed by atoms with Crippen LogP contribution in [0.5, 0.6) is 0 Å². The van der Waals surface area contributed by atoms with E-state index in [0.717, 1.165) is 28.6 Å². The molecule has 0 aromatic heterocycles. The number of hydrogen-bond acceptors (Lipinski definition) is 5. The second kappa shape index (κ2) is 10.1. The molecular weight excluding hydrogens is 388 g/mol. The summed E-state index contributed by atoms with van der Waals surface area (Å²) in [7, 11) is 3.92. The quantitative estimate of drug-likeness (QED) is 0.683. The van der Waals surface area contributed by atoms with E-state index in [1.807, 2.05) is 43.3 Å². The molecule has 0 aliphatic rings. The van der Waals surface area contributed by atoms with Crippen LogP contribution >= 0.6 is 11.8 Å². The Morgan fingerprint density at radius 1 is 1.10 bits per heavy atom. The minimum absolute atomic E-state index is 0.0468. The highest BCUT2D eigenvalue weighted by Gasteiger charge is 2.21. The van der Waals surface area contributed by atoms with Crippen molar-refractivity contribution in [1.29, 1.82) is 0 Å². The third-order valence-electron chi connectivity index (χ3n) is 4.39. The summed E-state index contributed by atoms with van der Waals surface area (Å²) < 4.78 is 0. The van der Waals surface area contributed by atoms with Crippen molar-refractivity contribution in [3.63, 3.8) is 0 Å². The Balaban J connectivity index is 2.19. The van der Waals surface area contributed by atoms with Crippen LogP contribution in [0.25, 0.3) is 0 Å². The second-order valence-corrected chi connectivity index (χ2v) is 8.34. The number of hydrogen-bond donors (Lipinski definition) is 2. The molecule has 29 heavy (non-hydrogen) atoms. The number of thioether (sulfide) groups is 1. The highest BCUT2D eigenvalue weighted by atomic mass is 32.2. The summed E-state index contributed by atoms with van der Waals surface area (Å²) in [5.74, 6) is -1.36. The lowest BCUT2D eigenvalue weighted by molar-refractivity contribution is -0.119. The summed E-state index contributed by atoms with van der Waals surface area (Å²) in [5.41, 5.74) is 3.36. The molecule has 6 nitrogen and oxygen atoms in total. The second-order valence-electron chi connectivity index (χ2n) is 7.15. The van der Waals surface area contributed by atoms with E-state index in [1.165, 1.54) is 13.0 Å². The topological polar surface area (TPSA) is 86.7 Å². The summed E-state index contributed by atoms with van der Waals surface area (Å²) in [6.07, 6.45) is 0.484. The van der Waals surface area contributed by atoms with E-state index in [1.54, 1.807) is 19.1 Å². The molecule has 0 spiro atoms. The average Bonchev–Trinajstić information content (AvgIpc) is 2.64. The van der Waals surface area contributed by atoms with Gasteiger partial charge in [-0.1, -0.05) is 23.9 Å². The van der Waals surface area contributed by atoms with Crippen molar-refractivity contribution < 1.29 is 19.5 Å². The van der Waals surface area contributed by atoms with Crippen LogP contribution < -0.4 is 10.2 Å². The fourth-order valence-electron chi connectivity index (χ4n) is 2.88. The van der Waals surface area contributed by atoms with Crippen molar-refractivity contribution >= 4 is 40.1 Å². The molecule has 2 N–H and O–H groups in total. The van der Waals surface area contributed by atoms with Gasteiger partial charge in [-0.05, 0) is 54.8 Å². The molecule has 1 unspecified atom stereocenters. The number of aromatic carboxylic acids is 1. The maximum absolute atomic E-state index is 12.9. The number of nitrogens with zero attached hydrogens (tertiary/aromatic N) is 1. The maximum atomic E-state index is 12.9. The van der Waals surface area contributed by atoms with E-state index in [9.17, 15) is 19.5 Å². The van der Waals surface area contributed by atoms with Crippen LogP contribution in [0, 0.1) is 12.8 Å². The van der Waals surface area contributed by atoms with Crippen LogP contribution in [-0.4, -0.2) is 41.9 Å². The Bertz CT molecular complexity index is 894. The van der Waals surface area contributed by atoms with Gasteiger partial charge in [0.1, 0.15) is 0 Å². The number of carboxylic acid groups (broad SMARTS) is 1. The van der Waals surface area contributed by atoms with E-state index >= 15 is 0 Å². The van der Waals surface area contributed by atoms with Crippen molar-refractivity contribution in [2.75, 3.05) is 30.1 Å². The molecule has 0 fully saturated rings. The third-order valence-corrected chi connectivity index (χ3v) is 5.36. The van der Waals surface area contributed by atoms with Crippen molar-refractivity contribution in [1.82, 2.24) is 0 Å². The van der Waals surface area contributed by atoms with Crippen molar-refractivity contribution in [2.45, 2.75) is 20.3 Å². The van der Waals surface area contributed by atoms with Gasteiger partial charge in [0.05, 0.1) is 11.5 Å². The smallest absolute Gasteiger partial charge is 0.335 e. The first kappa shape index (κ1) is 22.5. The van der Waals surface area contributed by atoms with E-state index in [4.69, 9.17) is 0 Å². The van der Waals surface area contributed by atoms with Gasteiger partial charge in [0.2, 0.25) is 5.91 Å². The normalized spacial score (nSPS) is 11.6. The van der Waals surface area contributed by atoms with Gasteiger partial charge in [0.15, 0.2) is 5.12 Å². The zero-order valence-electron chi connectivity index (χ0n) is 17.1. The molecule has 2 aromatic rings. The first-order valence-corrected chi connectivity index (χ1v) is 10.2. The van der Waals surface area contributed by atoms with Crippen molar-refractivity contribution in [3.05, 3.63) is 59.2 Å². The summed E-state index contributed by atoms with van der Waals surface area (Å²) in [4.78, 5) is 37.6. The van der Waals surface area contributed by atoms with Crippen molar-refractivity contribution in [2.24, 2.45) is 5.92 Å². The standard InChI is InChI=1S/C22H26N2O4S/c1-14-9-17(22(27)28)12-19(10-14)23-21(26)18(13-29-15(2)25)11-16-5-7-20(8-6-16)24(3)4/h5-10,12,18H,11,13H2,1-4H3,(H,23,26)(H,27,28). The molecule has 2 rings (SSSR count). The molecule has 1 amide bonds. The van der Waals surface area contributed by atoms with Gasteiger partial charge in [-0.2, -0.15) is 0 Å². The SMILES string of the molecule is CC(=O)SCC(Cc1ccc(N(C)C)cc1)C(=O)Nc1cc(C)cc(C(=O)O)c1. The third kappa shape index (κ3) is 6.94. The predicted octanol–water partition coefficient (Wildman–Crippen LogP) is 3.84. The molecule has 2 aromatic carbocycles. The fourth-order valence-corrected chi connectivity index (χ4v) is 3.59. The lowest BCUT2D eigenvalue weighted by Gasteiger charge is -2.18. The number of aryl methyl sites for hydroxylation is 1. The Hall–Kier alpha value is -2.80. The molecule has 0 aliphatic carbocycles. The summed E-state index contributed by atoms with van der Waals surface area (Å²) >= 11 is 1.11. The van der Waals surface area contributed by atoms with E-state index in [0.29, 0.717) is 17.9 Å². The highest BCUT2D eigenvalue weighted by molar-refractivity contribution is 8.13. The van der Waals surface area contributed by atoms with Gasteiger partial charge in [0, 0.05) is 38.1 Å². The van der Waals surface area contributed by atoms with E-state index < -0.39 is 11.9 Å². The molecule has 0 heterocycles. The minimum atomic E-state index is -1.05.